The normalized spacial score (nSPS) is 11.1. The van der Waals surface area contributed by atoms with E-state index in [0.717, 1.165) is 22.2 Å². The summed E-state index contributed by atoms with van der Waals surface area (Å²) in [4.78, 5) is 19.1. The van der Waals surface area contributed by atoms with Gasteiger partial charge in [-0.25, -0.2) is 4.98 Å². The van der Waals surface area contributed by atoms with Crippen LogP contribution >= 0.6 is 11.6 Å². The Morgan fingerprint density at radius 1 is 1.27 bits per heavy atom. The lowest BCUT2D eigenvalue weighted by atomic mass is 10.2. The molecule has 2 aromatic heterocycles. The van der Waals surface area contributed by atoms with E-state index in [1.165, 1.54) is 6.08 Å². The largest absolute Gasteiger partial charge is 0.348 e. The van der Waals surface area contributed by atoms with Gasteiger partial charge in [-0.15, -0.1) is 0 Å². The molecule has 1 aromatic carbocycles. The fourth-order valence-corrected chi connectivity index (χ4v) is 2.26. The third-order valence-electron chi connectivity index (χ3n) is 3.28. The average molecular weight is 312 g/mol. The number of amides is 1. The fraction of sp³-hybridized carbons (Fsp3) is 0.0588. The summed E-state index contributed by atoms with van der Waals surface area (Å²) in [5.41, 5.74) is 2.75. The molecule has 0 aliphatic heterocycles. The lowest BCUT2D eigenvalue weighted by Crippen LogP contribution is -2.20. The topological polar surface area (TPSA) is 57.8 Å². The van der Waals surface area contributed by atoms with Gasteiger partial charge < -0.3 is 10.3 Å². The van der Waals surface area contributed by atoms with Crippen molar-refractivity contribution < 1.29 is 4.79 Å². The summed E-state index contributed by atoms with van der Waals surface area (Å²) in [6, 6.07) is 11.2. The van der Waals surface area contributed by atoms with Crippen LogP contribution in [-0.4, -0.2) is 15.9 Å². The molecule has 2 N–H and O–H groups in total. The SMILES string of the molecule is O=C(C=Cc1c[nH]c2ncccc12)NCc1ccc(Cl)cc1. The maximum Gasteiger partial charge on any atom is 0.244 e. The van der Waals surface area contributed by atoms with Crippen LogP contribution in [0.2, 0.25) is 5.02 Å². The van der Waals surface area contributed by atoms with Gasteiger partial charge in [0.15, 0.2) is 0 Å². The maximum atomic E-state index is 11.9. The van der Waals surface area contributed by atoms with Crippen molar-refractivity contribution in [2.75, 3.05) is 0 Å². The van der Waals surface area contributed by atoms with Gasteiger partial charge in [-0.3, -0.25) is 4.79 Å². The van der Waals surface area contributed by atoms with E-state index < -0.39 is 0 Å². The summed E-state index contributed by atoms with van der Waals surface area (Å²) in [7, 11) is 0. The number of carbonyl (C=O) groups is 1. The number of aromatic amines is 1. The summed E-state index contributed by atoms with van der Waals surface area (Å²) in [6.45, 7) is 0.468. The minimum absolute atomic E-state index is 0.145. The molecule has 3 rings (SSSR count). The molecule has 0 fully saturated rings. The van der Waals surface area contributed by atoms with Crippen molar-refractivity contribution >= 4 is 34.6 Å². The van der Waals surface area contributed by atoms with Crippen molar-refractivity contribution in [3.8, 4) is 0 Å². The number of pyridine rings is 1. The predicted molar refractivity (Wildman–Crippen MR) is 88.4 cm³/mol. The molecule has 0 saturated carbocycles. The number of hydrogen-bond donors (Lipinski definition) is 2. The number of carbonyl (C=O) groups excluding carboxylic acids is 1. The van der Waals surface area contributed by atoms with Crippen LogP contribution in [0, 0.1) is 0 Å². The lowest BCUT2D eigenvalue weighted by Gasteiger charge is -2.02. The summed E-state index contributed by atoms with van der Waals surface area (Å²) >= 11 is 5.82. The van der Waals surface area contributed by atoms with E-state index in [-0.39, 0.29) is 5.91 Å². The first kappa shape index (κ1) is 14.4. The zero-order valence-corrected chi connectivity index (χ0v) is 12.5. The minimum Gasteiger partial charge on any atom is -0.348 e. The molecule has 0 radical (unpaired) electrons. The first-order chi connectivity index (χ1) is 10.7. The van der Waals surface area contributed by atoms with E-state index in [1.807, 2.05) is 30.5 Å². The highest BCUT2D eigenvalue weighted by Crippen LogP contribution is 2.16. The van der Waals surface area contributed by atoms with Gasteiger partial charge in [-0.05, 0) is 35.9 Å². The molecule has 0 spiro atoms. The molecule has 0 aliphatic carbocycles. The highest BCUT2D eigenvalue weighted by molar-refractivity contribution is 6.30. The molecule has 1 amide bonds. The molecule has 4 nitrogen and oxygen atoms in total. The Morgan fingerprint density at radius 3 is 2.91 bits per heavy atom. The third-order valence-corrected chi connectivity index (χ3v) is 3.53. The Morgan fingerprint density at radius 2 is 2.09 bits per heavy atom. The van der Waals surface area contributed by atoms with E-state index in [2.05, 4.69) is 15.3 Å². The van der Waals surface area contributed by atoms with E-state index in [1.54, 1.807) is 24.4 Å². The number of H-pyrrole nitrogens is 1. The molecular formula is C17H14ClN3O. The van der Waals surface area contributed by atoms with Crippen molar-refractivity contribution in [2.45, 2.75) is 6.54 Å². The van der Waals surface area contributed by atoms with Crippen molar-refractivity contribution in [2.24, 2.45) is 0 Å². The van der Waals surface area contributed by atoms with Gasteiger partial charge >= 0.3 is 0 Å². The van der Waals surface area contributed by atoms with Crippen LogP contribution in [0.15, 0.2) is 54.9 Å². The molecule has 0 bridgehead atoms. The second kappa shape index (κ2) is 6.45. The molecule has 3 aromatic rings. The average Bonchev–Trinajstić information content (AvgIpc) is 2.96. The molecule has 2 heterocycles. The number of halogens is 1. The maximum absolute atomic E-state index is 11.9. The Bertz CT molecular complexity index is 821. The Balaban J connectivity index is 1.62. The number of rotatable bonds is 4. The van der Waals surface area contributed by atoms with Crippen molar-refractivity contribution in [1.29, 1.82) is 0 Å². The molecule has 0 aliphatic rings. The van der Waals surface area contributed by atoms with Gasteiger partial charge in [-0.2, -0.15) is 0 Å². The van der Waals surface area contributed by atoms with Crippen LogP contribution < -0.4 is 5.32 Å². The van der Waals surface area contributed by atoms with Crippen molar-refractivity contribution in [3.63, 3.8) is 0 Å². The smallest absolute Gasteiger partial charge is 0.244 e. The third kappa shape index (κ3) is 3.35. The second-order valence-electron chi connectivity index (χ2n) is 4.82. The second-order valence-corrected chi connectivity index (χ2v) is 5.26. The number of nitrogens with zero attached hydrogens (tertiary/aromatic N) is 1. The molecule has 5 heteroatoms. The van der Waals surface area contributed by atoms with Crippen LogP contribution in [-0.2, 0) is 11.3 Å². The molecular weight excluding hydrogens is 298 g/mol. The fourth-order valence-electron chi connectivity index (χ4n) is 2.13. The molecule has 0 unspecified atom stereocenters. The van der Waals surface area contributed by atoms with Crippen LogP contribution in [0.5, 0.6) is 0 Å². The van der Waals surface area contributed by atoms with Gasteiger partial charge in [0.1, 0.15) is 5.65 Å². The molecule has 0 saturated heterocycles. The lowest BCUT2D eigenvalue weighted by molar-refractivity contribution is -0.116. The highest BCUT2D eigenvalue weighted by Gasteiger charge is 2.01. The standard InChI is InChI=1S/C17H14ClN3O/c18-14-6-3-12(4-7-14)10-20-16(22)8-5-13-11-21-17-15(13)2-1-9-19-17/h1-9,11H,10H2,(H,19,21)(H,20,22). The van der Waals surface area contributed by atoms with Crippen molar-refractivity contribution in [3.05, 3.63) is 71.0 Å². The minimum atomic E-state index is -0.145. The Labute approximate surface area is 132 Å². The quantitative estimate of drug-likeness (QED) is 0.724. The number of hydrogen-bond acceptors (Lipinski definition) is 2. The summed E-state index contributed by atoms with van der Waals surface area (Å²) in [6.07, 6.45) is 6.86. The highest BCUT2D eigenvalue weighted by atomic mass is 35.5. The van der Waals surface area contributed by atoms with Crippen LogP contribution in [0.3, 0.4) is 0 Å². The molecule has 22 heavy (non-hydrogen) atoms. The number of fused-ring (bicyclic) bond motifs is 1. The monoisotopic (exact) mass is 311 g/mol. The number of benzene rings is 1. The zero-order valence-electron chi connectivity index (χ0n) is 11.7. The first-order valence-corrected chi connectivity index (χ1v) is 7.22. The van der Waals surface area contributed by atoms with Gasteiger partial charge in [0.05, 0.1) is 0 Å². The number of nitrogens with one attached hydrogen (secondary N) is 2. The van der Waals surface area contributed by atoms with Gasteiger partial charge in [0, 0.05) is 41.0 Å². The van der Waals surface area contributed by atoms with Crippen LogP contribution in [0.4, 0.5) is 0 Å². The van der Waals surface area contributed by atoms with Crippen LogP contribution in [0.1, 0.15) is 11.1 Å². The van der Waals surface area contributed by atoms with E-state index in [9.17, 15) is 4.79 Å². The molecule has 110 valence electrons. The Hall–Kier alpha value is -2.59. The van der Waals surface area contributed by atoms with Gasteiger partial charge in [-0.1, -0.05) is 23.7 Å². The first-order valence-electron chi connectivity index (χ1n) is 6.85. The summed E-state index contributed by atoms with van der Waals surface area (Å²) in [5, 5.41) is 4.51. The van der Waals surface area contributed by atoms with Gasteiger partial charge in [0.2, 0.25) is 5.91 Å². The van der Waals surface area contributed by atoms with Gasteiger partial charge in [0.25, 0.3) is 0 Å². The Kier molecular flexibility index (Phi) is 4.21. The molecule has 0 atom stereocenters. The van der Waals surface area contributed by atoms with E-state index in [4.69, 9.17) is 11.6 Å². The summed E-state index contributed by atoms with van der Waals surface area (Å²) < 4.78 is 0. The van der Waals surface area contributed by atoms with Crippen LogP contribution in [0.25, 0.3) is 17.1 Å². The number of aromatic nitrogens is 2. The summed E-state index contributed by atoms with van der Waals surface area (Å²) in [5.74, 6) is -0.145. The predicted octanol–water partition coefficient (Wildman–Crippen LogP) is 3.55. The zero-order chi connectivity index (χ0) is 15.4. The van der Waals surface area contributed by atoms with E-state index in [0.29, 0.717) is 11.6 Å². The van der Waals surface area contributed by atoms with E-state index >= 15 is 0 Å². The van der Waals surface area contributed by atoms with Crippen molar-refractivity contribution in [1.82, 2.24) is 15.3 Å².